The van der Waals surface area contributed by atoms with Gasteiger partial charge >= 0.3 is 0 Å². The summed E-state index contributed by atoms with van der Waals surface area (Å²) in [5, 5.41) is 1.13. The number of pyridine rings is 1. The summed E-state index contributed by atoms with van der Waals surface area (Å²) in [4.78, 5) is 9.02. The van der Waals surface area contributed by atoms with Gasteiger partial charge in [-0.15, -0.1) is 11.6 Å². The van der Waals surface area contributed by atoms with Crippen molar-refractivity contribution in [3.63, 3.8) is 0 Å². The highest BCUT2D eigenvalue weighted by Gasteiger charge is 2.22. The van der Waals surface area contributed by atoms with Crippen LogP contribution >= 0.6 is 35.0 Å². The predicted molar refractivity (Wildman–Crippen MR) is 82.3 cm³/mol. The van der Waals surface area contributed by atoms with E-state index < -0.39 is 0 Å². The van der Waals surface area contributed by atoms with Crippen LogP contribution in [0, 0.1) is 0 Å². The summed E-state index contributed by atoms with van der Waals surface area (Å²) in [6, 6.07) is 1.85. The highest BCUT2D eigenvalue weighted by molar-refractivity contribution is 8.00. The Hall–Kier alpha value is -0.450. The number of hydrogen-bond acceptors (Lipinski definition) is 3. The molecule has 1 saturated heterocycles. The Kier molecular flexibility index (Phi) is 3.92. The van der Waals surface area contributed by atoms with Crippen molar-refractivity contribution < 1.29 is 0 Å². The monoisotopic (exact) mass is 315 g/mol. The topological polar surface area (TPSA) is 30.7 Å². The van der Waals surface area contributed by atoms with Gasteiger partial charge in [0, 0.05) is 18.0 Å². The molecule has 19 heavy (non-hydrogen) atoms. The van der Waals surface area contributed by atoms with Crippen molar-refractivity contribution in [3.8, 4) is 0 Å². The molecule has 2 aromatic rings. The van der Waals surface area contributed by atoms with Crippen molar-refractivity contribution in [1.82, 2.24) is 14.5 Å². The van der Waals surface area contributed by atoms with Gasteiger partial charge in [0.15, 0.2) is 5.65 Å². The fourth-order valence-electron chi connectivity index (χ4n) is 2.48. The molecule has 1 aliphatic heterocycles. The van der Waals surface area contributed by atoms with Crippen molar-refractivity contribution in [1.29, 1.82) is 0 Å². The van der Waals surface area contributed by atoms with Gasteiger partial charge in [-0.1, -0.05) is 11.6 Å². The Morgan fingerprint density at radius 2 is 2.42 bits per heavy atom. The molecule has 6 heteroatoms. The summed E-state index contributed by atoms with van der Waals surface area (Å²) in [7, 11) is 0. The van der Waals surface area contributed by atoms with Crippen LogP contribution in [-0.2, 0) is 6.54 Å². The van der Waals surface area contributed by atoms with Crippen LogP contribution in [0.2, 0.25) is 5.02 Å². The molecule has 2 unspecified atom stereocenters. The molecule has 1 aliphatic rings. The van der Waals surface area contributed by atoms with Gasteiger partial charge in [-0.25, -0.2) is 9.97 Å². The molecule has 3 heterocycles. The number of hydrogen-bond donors (Lipinski definition) is 0. The SMILES string of the molecule is CC(Cl)c1nc2cc(Cl)cnc2n1CC1CCCS1. The zero-order valence-electron chi connectivity index (χ0n) is 10.6. The summed E-state index contributed by atoms with van der Waals surface area (Å²) < 4.78 is 2.16. The van der Waals surface area contributed by atoms with Crippen LogP contribution in [0.5, 0.6) is 0 Å². The molecule has 0 aliphatic carbocycles. The molecule has 3 nitrogen and oxygen atoms in total. The lowest BCUT2D eigenvalue weighted by Crippen LogP contribution is -2.13. The first kappa shape index (κ1) is 13.5. The van der Waals surface area contributed by atoms with Gasteiger partial charge in [0.05, 0.1) is 10.4 Å². The lowest BCUT2D eigenvalue weighted by molar-refractivity contribution is 0.619. The highest BCUT2D eigenvalue weighted by atomic mass is 35.5. The normalized spacial score (nSPS) is 21.1. The highest BCUT2D eigenvalue weighted by Crippen LogP contribution is 2.31. The standard InChI is InChI=1S/C13H15Cl2N3S/c1-8(14)12-17-11-5-9(15)6-16-13(11)18(12)7-10-3-2-4-19-10/h5-6,8,10H,2-4,7H2,1H3. The molecule has 0 bridgehead atoms. The minimum atomic E-state index is -0.126. The summed E-state index contributed by atoms with van der Waals surface area (Å²) in [6.07, 6.45) is 4.23. The molecular weight excluding hydrogens is 301 g/mol. The van der Waals surface area contributed by atoms with Crippen LogP contribution in [0.4, 0.5) is 0 Å². The van der Waals surface area contributed by atoms with E-state index in [2.05, 4.69) is 14.5 Å². The summed E-state index contributed by atoms with van der Waals surface area (Å²) in [5.41, 5.74) is 1.72. The Morgan fingerprint density at radius 1 is 1.58 bits per heavy atom. The van der Waals surface area contributed by atoms with Crippen LogP contribution in [0.1, 0.15) is 31.0 Å². The predicted octanol–water partition coefficient (Wildman–Crippen LogP) is 4.28. The fraction of sp³-hybridized carbons (Fsp3) is 0.538. The second-order valence-electron chi connectivity index (χ2n) is 4.83. The summed E-state index contributed by atoms with van der Waals surface area (Å²) in [6.45, 7) is 2.88. The van der Waals surface area contributed by atoms with E-state index in [1.165, 1.54) is 18.6 Å². The Labute approximate surface area is 126 Å². The number of halogens is 2. The van der Waals surface area contributed by atoms with Crippen LogP contribution in [0.25, 0.3) is 11.2 Å². The second kappa shape index (κ2) is 5.51. The third kappa shape index (κ3) is 2.71. The van der Waals surface area contributed by atoms with Crippen molar-refractivity contribution in [3.05, 3.63) is 23.1 Å². The fourth-order valence-corrected chi connectivity index (χ4v) is 4.05. The maximum absolute atomic E-state index is 6.25. The van der Waals surface area contributed by atoms with Crippen molar-refractivity contribution in [2.45, 2.75) is 36.9 Å². The molecule has 2 atom stereocenters. The largest absolute Gasteiger partial charge is 0.310 e. The van der Waals surface area contributed by atoms with Crippen LogP contribution in [-0.4, -0.2) is 25.5 Å². The molecule has 0 aromatic carbocycles. The van der Waals surface area contributed by atoms with E-state index in [0.717, 1.165) is 23.5 Å². The number of rotatable bonds is 3. The minimum absolute atomic E-state index is 0.126. The number of aromatic nitrogens is 3. The van der Waals surface area contributed by atoms with Gasteiger partial charge in [-0.2, -0.15) is 11.8 Å². The van der Waals surface area contributed by atoms with E-state index in [0.29, 0.717) is 10.3 Å². The molecule has 0 N–H and O–H groups in total. The van der Waals surface area contributed by atoms with Crippen LogP contribution < -0.4 is 0 Å². The summed E-state index contributed by atoms with van der Waals surface area (Å²) >= 11 is 14.3. The second-order valence-corrected chi connectivity index (χ2v) is 7.33. The molecule has 0 saturated carbocycles. The third-order valence-corrected chi connectivity index (χ3v) is 5.13. The molecule has 0 spiro atoms. The molecule has 102 valence electrons. The Morgan fingerprint density at radius 3 is 3.11 bits per heavy atom. The van der Waals surface area contributed by atoms with Gasteiger partial charge in [-0.3, -0.25) is 0 Å². The molecule has 2 aromatic heterocycles. The smallest absolute Gasteiger partial charge is 0.160 e. The number of imidazole rings is 1. The van der Waals surface area contributed by atoms with Gasteiger partial charge in [-0.05, 0) is 31.6 Å². The Bertz CT molecular complexity index is 591. The zero-order chi connectivity index (χ0) is 13.4. The average Bonchev–Trinajstić information content (AvgIpc) is 2.97. The molecule has 0 radical (unpaired) electrons. The van der Waals surface area contributed by atoms with Gasteiger partial charge in [0.25, 0.3) is 0 Å². The van der Waals surface area contributed by atoms with Gasteiger partial charge in [0.1, 0.15) is 11.3 Å². The first-order chi connectivity index (χ1) is 9.15. The number of nitrogens with zero attached hydrogens (tertiary/aromatic N) is 3. The number of fused-ring (bicyclic) bond motifs is 1. The maximum atomic E-state index is 6.25. The van der Waals surface area contributed by atoms with Gasteiger partial charge in [0.2, 0.25) is 0 Å². The van der Waals surface area contributed by atoms with Crippen molar-refractivity contribution >= 4 is 46.1 Å². The van der Waals surface area contributed by atoms with Crippen molar-refractivity contribution in [2.75, 3.05) is 5.75 Å². The quantitative estimate of drug-likeness (QED) is 0.792. The first-order valence-corrected chi connectivity index (χ1v) is 8.29. The summed E-state index contributed by atoms with van der Waals surface area (Å²) in [5.74, 6) is 2.14. The van der Waals surface area contributed by atoms with E-state index >= 15 is 0 Å². The van der Waals surface area contributed by atoms with E-state index in [4.69, 9.17) is 23.2 Å². The molecular formula is C13H15Cl2N3S. The maximum Gasteiger partial charge on any atom is 0.160 e. The average molecular weight is 316 g/mol. The van der Waals surface area contributed by atoms with E-state index in [-0.39, 0.29) is 5.38 Å². The lowest BCUT2D eigenvalue weighted by Gasteiger charge is -2.14. The zero-order valence-corrected chi connectivity index (χ0v) is 13.0. The first-order valence-electron chi connectivity index (χ1n) is 6.42. The van der Waals surface area contributed by atoms with E-state index in [1.807, 2.05) is 24.8 Å². The van der Waals surface area contributed by atoms with Crippen LogP contribution in [0.3, 0.4) is 0 Å². The van der Waals surface area contributed by atoms with Crippen LogP contribution in [0.15, 0.2) is 12.3 Å². The molecule has 1 fully saturated rings. The van der Waals surface area contributed by atoms with Gasteiger partial charge < -0.3 is 4.57 Å². The van der Waals surface area contributed by atoms with E-state index in [1.54, 1.807) is 6.20 Å². The van der Waals surface area contributed by atoms with E-state index in [9.17, 15) is 0 Å². The van der Waals surface area contributed by atoms with Crippen molar-refractivity contribution in [2.24, 2.45) is 0 Å². The lowest BCUT2D eigenvalue weighted by atomic mass is 10.2. The number of thioether (sulfide) groups is 1. The third-order valence-electron chi connectivity index (χ3n) is 3.35. The molecule has 0 amide bonds. The number of alkyl halides is 1. The Balaban J connectivity index is 2.05. The molecule has 3 rings (SSSR count). The minimum Gasteiger partial charge on any atom is -0.310 e.